The van der Waals surface area contributed by atoms with E-state index in [0.29, 0.717) is 35.2 Å². The zero-order chi connectivity index (χ0) is 18.5. The van der Waals surface area contributed by atoms with E-state index >= 15 is 0 Å². The maximum atomic E-state index is 12.3. The molecule has 3 rings (SSSR count). The Morgan fingerprint density at radius 1 is 1.23 bits per heavy atom. The van der Waals surface area contributed by atoms with Gasteiger partial charge in [-0.15, -0.1) is 10.2 Å². The summed E-state index contributed by atoms with van der Waals surface area (Å²) >= 11 is 0. The second kappa shape index (κ2) is 7.64. The highest BCUT2D eigenvalue weighted by atomic mass is 16.5. The van der Waals surface area contributed by atoms with Crippen molar-refractivity contribution in [3.63, 3.8) is 0 Å². The molecule has 1 amide bonds. The molecular weight excluding hydrogens is 336 g/mol. The number of rotatable bonds is 6. The number of amides is 1. The summed E-state index contributed by atoms with van der Waals surface area (Å²) in [5.41, 5.74) is 0.801. The summed E-state index contributed by atoms with van der Waals surface area (Å²) in [5.74, 6) is 1.00. The number of aryl methyl sites for hydroxylation is 1. The molecule has 0 spiro atoms. The van der Waals surface area contributed by atoms with Crippen LogP contribution in [-0.2, 0) is 17.8 Å². The fourth-order valence-corrected chi connectivity index (χ4v) is 2.39. The number of aromatic nitrogens is 3. The highest BCUT2D eigenvalue weighted by Gasteiger charge is 2.12. The lowest BCUT2D eigenvalue weighted by Gasteiger charge is -2.11. The van der Waals surface area contributed by atoms with Crippen LogP contribution in [0.3, 0.4) is 0 Å². The van der Waals surface area contributed by atoms with Gasteiger partial charge in [-0.3, -0.25) is 9.59 Å². The Morgan fingerprint density at radius 3 is 2.77 bits per heavy atom. The van der Waals surface area contributed by atoms with Gasteiger partial charge in [-0.2, -0.15) is 0 Å². The SMILES string of the molecule is CCc1nnc(-c2ccc(=O)n(CC(=O)Nc3ccccc3OC)c2)o1. The molecule has 0 saturated heterocycles. The molecule has 2 aromatic heterocycles. The van der Waals surface area contributed by atoms with Gasteiger partial charge in [0.05, 0.1) is 18.4 Å². The first-order valence-electron chi connectivity index (χ1n) is 8.07. The van der Waals surface area contributed by atoms with Gasteiger partial charge in [-0.25, -0.2) is 0 Å². The molecule has 0 unspecified atom stereocenters. The van der Waals surface area contributed by atoms with Crippen molar-refractivity contribution in [3.8, 4) is 17.2 Å². The number of benzene rings is 1. The predicted octanol–water partition coefficient (Wildman–Crippen LogP) is 2.11. The van der Waals surface area contributed by atoms with Crippen molar-refractivity contribution in [3.05, 3.63) is 58.8 Å². The van der Waals surface area contributed by atoms with Gasteiger partial charge >= 0.3 is 0 Å². The number of nitrogens with zero attached hydrogens (tertiary/aromatic N) is 3. The molecule has 0 radical (unpaired) electrons. The van der Waals surface area contributed by atoms with Crippen LogP contribution in [0.1, 0.15) is 12.8 Å². The minimum atomic E-state index is -0.353. The molecule has 3 aromatic rings. The van der Waals surface area contributed by atoms with Gasteiger partial charge in [0, 0.05) is 18.7 Å². The largest absolute Gasteiger partial charge is 0.495 e. The van der Waals surface area contributed by atoms with E-state index in [-0.39, 0.29) is 18.0 Å². The third-order valence-corrected chi connectivity index (χ3v) is 3.69. The van der Waals surface area contributed by atoms with E-state index in [9.17, 15) is 9.59 Å². The van der Waals surface area contributed by atoms with Crippen LogP contribution in [0.5, 0.6) is 5.75 Å². The monoisotopic (exact) mass is 354 g/mol. The van der Waals surface area contributed by atoms with Gasteiger partial charge in [0.2, 0.25) is 17.7 Å². The zero-order valence-corrected chi connectivity index (χ0v) is 14.4. The average Bonchev–Trinajstić information content (AvgIpc) is 3.13. The predicted molar refractivity (Wildman–Crippen MR) is 95.0 cm³/mol. The summed E-state index contributed by atoms with van der Waals surface area (Å²) in [7, 11) is 1.52. The number of nitrogens with one attached hydrogen (secondary N) is 1. The van der Waals surface area contributed by atoms with E-state index in [1.165, 1.54) is 23.9 Å². The smallest absolute Gasteiger partial charge is 0.251 e. The third-order valence-electron chi connectivity index (χ3n) is 3.69. The van der Waals surface area contributed by atoms with Crippen LogP contribution in [0.2, 0.25) is 0 Å². The molecule has 1 N–H and O–H groups in total. The molecule has 0 bridgehead atoms. The van der Waals surface area contributed by atoms with Gasteiger partial charge < -0.3 is 19.0 Å². The summed E-state index contributed by atoms with van der Waals surface area (Å²) in [6.07, 6.45) is 2.14. The molecule has 2 heterocycles. The highest BCUT2D eigenvalue weighted by Crippen LogP contribution is 2.23. The second-order valence-corrected chi connectivity index (χ2v) is 5.49. The van der Waals surface area contributed by atoms with E-state index in [4.69, 9.17) is 9.15 Å². The zero-order valence-electron chi connectivity index (χ0n) is 14.4. The topological polar surface area (TPSA) is 99.2 Å². The van der Waals surface area contributed by atoms with E-state index in [1.54, 1.807) is 30.3 Å². The molecule has 0 aliphatic rings. The number of anilines is 1. The van der Waals surface area contributed by atoms with Crippen molar-refractivity contribution in [2.24, 2.45) is 0 Å². The number of ether oxygens (including phenoxy) is 1. The van der Waals surface area contributed by atoms with Crippen molar-refractivity contribution in [2.75, 3.05) is 12.4 Å². The van der Waals surface area contributed by atoms with Crippen LogP contribution < -0.4 is 15.6 Å². The Labute approximate surface area is 149 Å². The number of carbonyl (C=O) groups excluding carboxylic acids is 1. The first kappa shape index (κ1) is 17.4. The first-order valence-corrected chi connectivity index (χ1v) is 8.07. The van der Waals surface area contributed by atoms with Crippen LogP contribution >= 0.6 is 0 Å². The molecule has 134 valence electrons. The molecule has 8 nitrogen and oxygen atoms in total. The van der Waals surface area contributed by atoms with Crippen molar-refractivity contribution in [1.82, 2.24) is 14.8 Å². The Balaban J connectivity index is 1.79. The first-order chi connectivity index (χ1) is 12.6. The van der Waals surface area contributed by atoms with Gasteiger partial charge in [-0.1, -0.05) is 19.1 Å². The Morgan fingerprint density at radius 2 is 2.04 bits per heavy atom. The van der Waals surface area contributed by atoms with Crippen molar-refractivity contribution >= 4 is 11.6 Å². The minimum Gasteiger partial charge on any atom is -0.495 e. The van der Waals surface area contributed by atoms with E-state index < -0.39 is 0 Å². The molecule has 0 aliphatic carbocycles. The summed E-state index contributed by atoms with van der Waals surface area (Å²) in [5, 5.41) is 10.6. The van der Waals surface area contributed by atoms with Gasteiger partial charge in [-0.05, 0) is 18.2 Å². The van der Waals surface area contributed by atoms with Crippen LogP contribution in [0.4, 0.5) is 5.69 Å². The molecule has 26 heavy (non-hydrogen) atoms. The minimum absolute atomic E-state index is 0.153. The fraction of sp³-hybridized carbons (Fsp3) is 0.222. The number of hydrogen-bond donors (Lipinski definition) is 1. The molecule has 0 fully saturated rings. The quantitative estimate of drug-likeness (QED) is 0.728. The van der Waals surface area contributed by atoms with E-state index in [1.807, 2.05) is 6.92 Å². The van der Waals surface area contributed by atoms with Crippen molar-refractivity contribution in [1.29, 1.82) is 0 Å². The lowest BCUT2D eigenvalue weighted by Crippen LogP contribution is -2.27. The Bertz CT molecular complexity index is 977. The van der Waals surface area contributed by atoms with Crippen LogP contribution in [-0.4, -0.2) is 27.8 Å². The van der Waals surface area contributed by atoms with Crippen molar-refractivity contribution < 1.29 is 13.9 Å². The number of hydrogen-bond acceptors (Lipinski definition) is 6. The Hall–Kier alpha value is -3.42. The van der Waals surface area contributed by atoms with Gasteiger partial charge in [0.25, 0.3) is 5.56 Å². The van der Waals surface area contributed by atoms with Gasteiger partial charge in [0.1, 0.15) is 12.3 Å². The summed E-state index contributed by atoms with van der Waals surface area (Å²) in [4.78, 5) is 24.4. The summed E-state index contributed by atoms with van der Waals surface area (Å²) in [6, 6.07) is 10.00. The third kappa shape index (κ3) is 3.80. The molecule has 8 heteroatoms. The number of pyridine rings is 1. The lowest BCUT2D eigenvalue weighted by molar-refractivity contribution is -0.116. The summed E-state index contributed by atoms with van der Waals surface area (Å²) in [6.45, 7) is 1.75. The molecular formula is C18H18N4O4. The van der Waals surface area contributed by atoms with Gasteiger partial charge in [0.15, 0.2) is 0 Å². The average molecular weight is 354 g/mol. The van der Waals surface area contributed by atoms with Crippen LogP contribution in [0.15, 0.2) is 51.8 Å². The fourth-order valence-electron chi connectivity index (χ4n) is 2.39. The normalized spacial score (nSPS) is 10.5. The van der Waals surface area contributed by atoms with E-state index in [2.05, 4.69) is 15.5 Å². The maximum Gasteiger partial charge on any atom is 0.251 e. The second-order valence-electron chi connectivity index (χ2n) is 5.49. The number of methoxy groups -OCH3 is 1. The highest BCUT2D eigenvalue weighted by molar-refractivity contribution is 5.92. The molecule has 0 saturated carbocycles. The van der Waals surface area contributed by atoms with Crippen LogP contribution in [0.25, 0.3) is 11.5 Å². The maximum absolute atomic E-state index is 12.3. The number of para-hydroxylation sites is 2. The van der Waals surface area contributed by atoms with Crippen LogP contribution in [0, 0.1) is 0 Å². The molecule has 1 aromatic carbocycles. The Kier molecular flexibility index (Phi) is 5.12. The standard InChI is InChI=1S/C18H18N4O4/c1-3-16-20-21-18(26-16)12-8-9-17(24)22(10-12)11-15(23)19-13-6-4-5-7-14(13)25-2/h4-10H,3,11H2,1-2H3,(H,19,23). The molecule has 0 aliphatic heterocycles. The lowest BCUT2D eigenvalue weighted by atomic mass is 10.2. The molecule has 0 atom stereocenters. The summed E-state index contributed by atoms with van der Waals surface area (Å²) < 4.78 is 12.0. The van der Waals surface area contributed by atoms with E-state index in [0.717, 1.165) is 0 Å². The van der Waals surface area contributed by atoms with Crippen molar-refractivity contribution in [2.45, 2.75) is 19.9 Å². The number of carbonyl (C=O) groups is 1.